The Morgan fingerprint density at radius 3 is 2.83 bits per heavy atom. The lowest BCUT2D eigenvalue weighted by Gasteiger charge is -2.19. The lowest BCUT2D eigenvalue weighted by Crippen LogP contribution is -2.27. The summed E-state index contributed by atoms with van der Waals surface area (Å²) in [6, 6.07) is 13.9. The van der Waals surface area contributed by atoms with E-state index in [1.165, 1.54) is 12.0 Å². The summed E-state index contributed by atoms with van der Waals surface area (Å²) in [6.45, 7) is 5.36. The SMILES string of the molecule is Clc1ccc(-c2nc3cc(CN4CCCNCC4)ccc3o2)cc1. The number of benzene rings is 2. The van der Waals surface area contributed by atoms with Crippen LogP contribution >= 0.6 is 11.6 Å². The van der Waals surface area contributed by atoms with Crippen molar-refractivity contribution in [1.29, 1.82) is 0 Å². The second-order valence-corrected chi connectivity index (χ2v) is 6.64. The average molecular weight is 342 g/mol. The van der Waals surface area contributed by atoms with E-state index in [-0.39, 0.29) is 0 Å². The van der Waals surface area contributed by atoms with E-state index in [0.29, 0.717) is 10.9 Å². The average Bonchev–Trinajstić information content (AvgIpc) is 2.84. The Balaban J connectivity index is 1.57. The Bertz CT molecular complexity index is 820. The first-order chi connectivity index (χ1) is 11.8. The van der Waals surface area contributed by atoms with Gasteiger partial charge in [-0.1, -0.05) is 17.7 Å². The van der Waals surface area contributed by atoms with Crippen molar-refractivity contribution < 1.29 is 4.42 Å². The molecule has 1 fully saturated rings. The van der Waals surface area contributed by atoms with Crippen LogP contribution in [0.1, 0.15) is 12.0 Å². The smallest absolute Gasteiger partial charge is 0.227 e. The molecule has 1 aromatic heterocycles. The number of nitrogens with one attached hydrogen (secondary N) is 1. The summed E-state index contributed by atoms with van der Waals surface area (Å²) in [7, 11) is 0. The largest absolute Gasteiger partial charge is 0.436 e. The van der Waals surface area contributed by atoms with E-state index in [0.717, 1.165) is 49.4 Å². The fourth-order valence-electron chi connectivity index (χ4n) is 3.11. The van der Waals surface area contributed by atoms with Gasteiger partial charge in [-0.3, -0.25) is 4.90 Å². The molecule has 5 heteroatoms. The molecule has 24 heavy (non-hydrogen) atoms. The minimum absolute atomic E-state index is 0.637. The summed E-state index contributed by atoms with van der Waals surface area (Å²) in [5.41, 5.74) is 3.95. The maximum absolute atomic E-state index is 5.94. The van der Waals surface area contributed by atoms with E-state index in [2.05, 4.69) is 27.3 Å². The molecule has 0 atom stereocenters. The van der Waals surface area contributed by atoms with Crippen LogP contribution in [-0.2, 0) is 6.54 Å². The van der Waals surface area contributed by atoms with Crippen LogP contribution in [0.25, 0.3) is 22.6 Å². The maximum atomic E-state index is 5.94. The first kappa shape index (κ1) is 15.6. The van der Waals surface area contributed by atoms with Crippen molar-refractivity contribution in [2.45, 2.75) is 13.0 Å². The molecular weight excluding hydrogens is 322 g/mol. The van der Waals surface area contributed by atoms with E-state index in [1.54, 1.807) is 0 Å². The number of hydrogen-bond donors (Lipinski definition) is 1. The second-order valence-electron chi connectivity index (χ2n) is 6.21. The van der Waals surface area contributed by atoms with Gasteiger partial charge >= 0.3 is 0 Å². The van der Waals surface area contributed by atoms with Crippen LogP contribution < -0.4 is 5.32 Å². The number of fused-ring (bicyclic) bond motifs is 1. The third-order valence-corrected chi connectivity index (χ3v) is 4.63. The summed E-state index contributed by atoms with van der Waals surface area (Å²) in [5.74, 6) is 0.637. The zero-order valence-corrected chi connectivity index (χ0v) is 14.2. The van der Waals surface area contributed by atoms with Gasteiger partial charge in [0, 0.05) is 30.2 Å². The van der Waals surface area contributed by atoms with Crippen LogP contribution in [0.3, 0.4) is 0 Å². The quantitative estimate of drug-likeness (QED) is 0.783. The maximum Gasteiger partial charge on any atom is 0.227 e. The van der Waals surface area contributed by atoms with Gasteiger partial charge in [0.15, 0.2) is 5.58 Å². The molecule has 0 spiro atoms. The minimum atomic E-state index is 0.637. The highest BCUT2D eigenvalue weighted by molar-refractivity contribution is 6.30. The highest BCUT2D eigenvalue weighted by Crippen LogP contribution is 2.26. The molecule has 0 saturated carbocycles. The molecule has 0 bridgehead atoms. The number of oxazole rings is 1. The Labute approximate surface area is 146 Å². The van der Waals surface area contributed by atoms with Crippen LogP contribution in [0.5, 0.6) is 0 Å². The molecule has 1 saturated heterocycles. The Morgan fingerprint density at radius 1 is 1.08 bits per heavy atom. The summed E-state index contributed by atoms with van der Waals surface area (Å²) in [4.78, 5) is 7.13. The van der Waals surface area contributed by atoms with Gasteiger partial charge in [-0.15, -0.1) is 0 Å². The first-order valence-corrected chi connectivity index (χ1v) is 8.74. The fraction of sp³-hybridized carbons (Fsp3) is 0.316. The molecule has 4 nitrogen and oxygen atoms in total. The van der Waals surface area contributed by atoms with Gasteiger partial charge in [-0.2, -0.15) is 0 Å². The fourth-order valence-corrected chi connectivity index (χ4v) is 3.23. The third-order valence-electron chi connectivity index (χ3n) is 4.38. The van der Waals surface area contributed by atoms with E-state index in [9.17, 15) is 0 Å². The molecule has 1 aliphatic rings. The second kappa shape index (κ2) is 6.93. The lowest BCUT2D eigenvalue weighted by molar-refractivity contribution is 0.284. The van der Waals surface area contributed by atoms with Crippen LogP contribution in [-0.4, -0.2) is 36.1 Å². The van der Waals surface area contributed by atoms with Crippen molar-refractivity contribution in [2.24, 2.45) is 0 Å². The number of aromatic nitrogens is 1. The molecule has 0 unspecified atom stereocenters. The molecule has 2 aromatic carbocycles. The van der Waals surface area contributed by atoms with Crippen LogP contribution in [0.15, 0.2) is 46.9 Å². The van der Waals surface area contributed by atoms with Crippen LogP contribution in [0, 0.1) is 0 Å². The topological polar surface area (TPSA) is 41.3 Å². The number of nitrogens with zero attached hydrogens (tertiary/aromatic N) is 2. The Kier molecular flexibility index (Phi) is 4.52. The van der Waals surface area contributed by atoms with Crippen LogP contribution in [0.2, 0.25) is 5.02 Å². The van der Waals surface area contributed by atoms with Crippen molar-refractivity contribution >= 4 is 22.7 Å². The van der Waals surface area contributed by atoms with Crippen molar-refractivity contribution in [3.05, 3.63) is 53.1 Å². The van der Waals surface area contributed by atoms with Gasteiger partial charge < -0.3 is 9.73 Å². The summed E-state index contributed by atoms with van der Waals surface area (Å²) >= 11 is 5.94. The molecule has 4 rings (SSSR count). The highest BCUT2D eigenvalue weighted by atomic mass is 35.5. The third kappa shape index (κ3) is 3.46. The zero-order chi connectivity index (χ0) is 16.4. The van der Waals surface area contributed by atoms with Gasteiger partial charge in [-0.25, -0.2) is 4.98 Å². The Hall–Kier alpha value is -1.88. The van der Waals surface area contributed by atoms with Gasteiger partial charge in [0.1, 0.15) is 5.52 Å². The molecule has 0 radical (unpaired) electrons. The highest BCUT2D eigenvalue weighted by Gasteiger charge is 2.12. The summed E-state index contributed by atoms with van der Waals surface area (Å²) in [6.07, 6.45) is 1.20. The van der Waals surface area contributed by atoms with Gasteiger partial charge in [-0.05, 0) is 61.5 Å². The zero-order valence-electron chi connectivity index (χ0n) is 13.5. The molecule has 1 N–H and O–H groups in total. The van der Waals surface area contributed by atoms with Crippen molar-refractivity contribution in [2.75, 3.05) is 26.2 Å². The summed E-state index contributed by atoms with van der Waals surface area (Å²) < 4.78 is 5.88. The number of rotatable bonds is 3. The van der Waals surface area contributed by atoms with Crippen molar-refractivity contribution in [3.8, 4) is 11.5 Å². The molecule has 2 heterocycles. The van der Waals surface area contributed by atoms with E-state index >= 15 is 0 Å². The van der Waals surface area contributed by atoms with Gasteiger partial charge in [0.25, 0.3) is 0 Å². The normalized spacial score (nSPS) is 16.4. The molecule has 0 aliphatic carbocycles. The molecule has 124 valence electrons. The number of hydrogen-bond acceptors (Lipinski definition) is 4. The van der Waals surface area contributed by atoms with Gasteiger partial charge in [0.05, 0.1) is 0 Å². The van der Waals surface area contributed by atoms with Gasteiger partial charge in [0.2, 0.25) is 5.89 Å². The molecule has 0 amide bonds. The monoisotopic (exact) mass is 341 g/mol. The van der Waals surface area contributed by atoms with Crippen molar-refractivity contribution in [1.82, 2.24) is 15.2 Å². The molecule has 1 aliphatic heterocycles. The number of halogens is 1. The van der Waals surface area contributed by atoms with E-state index in [1.807, 2.05) is 30.3 Å². The summed E-state index contributed by atoms with van der Waals surface area (Å²) in [5, 5.41) is 4.15. The van der Waals surface area contributed by atoms with Crippen LogP contribution in [0.4, 0.5) is 0 Å². The predicted molar refractivity (Wildman–Crippen MR) is 97.2 cm³/mol. The van der Waals surface area contributed by atoms with E-state index in [4.69, 9.17) is 16.0 Å². The lowest BCUT2D eigenvalue weighted by atomic mass is 10.2. The van der Waals surface area contributed by atoms with E-state index < -0.39 is 0 Å². The molecular formula is C19H20ClN3O. The molecule has 3 aromatic rings. The minimum Gasteiger partial charge on any atom is -0.436 e. The first-order valence-electron chi connectivity index (χ1n) is 8.36. The van der Waals surface area contributed by atoms with Crippen molar-refractivity contribution in [3.63, 3.8) is 0 Å². The predicted octanol–water partition coefficient (Wildman–Crippen LogP) is 3.94. The Morgan fingerprint density at radius 2 is 1.96 bits per heavy atom. The standard InChI is InChI=1S/C19H20ClN3O/c20-16-5-3-15(4-6-16)19-22-17-12-14(2-7-18(17)24-19)13-23-10-1-8-21-9-11-23/h2-7,12,21H,1,8-11,13H2.